The average Bonchev–Trinajstić information content (AvgIpc) is 3.13. The lowest BCUT2D eigenvalue weighted by molar-refractivity contribution is 0.174. The number of methoxy groups -OCH3 is 1. The number of hydrogen-bond donors (Lipinski definition) is 3. The molecule has 0 radical (unpaired) electrons. The molecule has 0 aliphatic carbocycles. The fourth-order valence-electron chi connectivity index (χ4n) is 2.54. The van der Waals surface area contributed by atoms with Gasteiger partial charge in [0.25, 0.3) is 0 Å². The summed E-state index contributed by atoms with van der Waals surface area (Å²) in [5.41, 5.74) is 8.21. The second kappa shape index (κ2) is 6.67. The summed E-state index contributed by atoms with van der Waals surface area (Å²) in [6.07, 6.45) is 1.44. The van der Waals surface area contributed by atoms with Crippen molar-refractivity contribution in [3.8, 4) is 17.2 Å². The normalized spacial score (nSPS) is 11.9. The molecule has 0 saturated carbocycles. The molecule has 0 amide bonds. The van der Waals surface area contributed by atoms with E-state index in [0.717, 1.165) is 17.1 Å². The number of nitrogen functional groups attached to an aromatic ring is 1. The molecule has 2 heterocycles. The van der Waals surface area contributed by atoms with Crippen LogP contribution >= 0.6 is 0 Å². The van der Waals surface area contributed by atoms with Crippen molar-refractivity contribution < 1.29 is 14.2 Å². The predicted octanol–water partition coefficient (Wildman–Crippen LogP) is 3.28. The number of anilines is 5. The van der Waals surface area contributed by atoms with Crippen LogP contribution in [0.1, 0.15) is 0 Å². The molecule has 4 N–H and O–H groups in total. The van der Waals surface area contributed by atoms with Gasteiger partial charge in [0.15, 0.2) is 23.1 Å². The molecule has 26 heavy (non-hydrogen) atoms. The molecule has 2 aromatic carbocycles. The van der Waals surface area contributed by atoms with E-state index in [9.17, 15) is 0 Å². The van der Waals surface area contributed by atoms with Crippen molar-refractivity contribution in [2.45, 2.75) is 0 Å². The van der Waals surface area contributed by atoms with E-state index in [2.05, 4.69) is 20.6 Å². The van der Waals surface area contributed by atoms with Gasteiger partial charge in [-0.05, 0) is 24.3 Å². The van der Waals surface area contributed by atoms with E-state index in [-0.39, 0.29) is 6.79 Å². The zero-order valence-electron chi connectivity index (χ0n) is 14.0. The first-order valence-corrected chi connectivity index (χ1v) is 7.91. The fourth-order valence-corrected chi connectivity index (χ4v) is 2.54. The van der Waals surface area contributed by atoms with E-state index in [4.69, 9.17) is 19.9 Å². The first kappa shape index (κ1) is 15.8. The summed E-state index contributed by atoms with van der Waals surface area (Å²) >= 11 is 0. The molecule has 0 unspecified atom stereocenters. The van der Waals surface area contributed by atoms with Crippen LogP contribution in [-0.2, 0) is 0 Å². The van der Waals surface area contributed by atoms with Crippen LogP contribution in [0, 0.1) is 0 Å². The highest BCUT2D eigenvalue weighted by Gasteiger charge is 2.15. The van der Waals surface area contributed by atoms with Gasteiger partial charge >= 0.3 is 0 Å². The Morgan fingerprint density at radius 2 is 1.69 bits per heavy atom. The summed E-state index contributed by atoms with van der Waals surface area (Å²) < 4.78 is 15.9. The lowest BCUT2D eigenvalue weighted by Gasteiger charge is -2.13. The number of hydrogen-bond acceptors (Lipinski definition) is 8. The number of benzene rings is 2. The Morgan fingerprint density at radius 1 is 0.962 bits per heavy atom. The number of ether oxygens (including phenoxy) is 3. The summed E-state index contributed by atoms with van der Waals surface area (Å²) in [5, 5.41) is 6.35. The van der Waals surface area contributed by atoms with E-state index in [0.29, 0.717) is 28.8 Å². The van der Waals surface area contributed by atoms with Crippen molar-refractivity contribution in [1.82, 2.24) is 9.97 Å². The topological polar surface area (TPSA) is 104 Å². The van der Waals surface area contributed by atoms with Crippen LogP contribution in [0.5, 0.6) is 17.2 Å². The highest BCUT2D eigenvalue weighted by atomic mass is 16.7. The van der Waals surface area contributed by atoms with Gasteiger partial charge in [-0.15, -0.1) is 0 Å². The first-order chi connectivity index (χ1) is 12.7. The molecule has 3 aromatic rings. The molecule has 0 fully saturated rings. The molecule has 132 valence electrons. The number of nitrogens with two attached hydrogens (primary N) is 1. The van der Waals surface area contributed by atoms with Crippen LogP contribution in [0.25, 0.3) is 0 Å². The van der Waals surface area contributed by atoms with E-state index in [1.54, 1.807) is 7.11 Å². The van der Waals surface area contributed by atoms with E-state index in [1.165, 1.54) is 6.33 Å². The molecular formula is C18H17N5O3. The SMILES string of the molecule is COc1cccc(Nc2ncnc(Nc3ccc4c(c3)OCO4)c2N)c1. The molecule has 1 aromatic heterocycles. The molecule has 4 rings (SSSR count). The van der Waals surface area contributed by atoms with Crippen LogP contribution < -0.4 is 30.6 Å². The molecule has 1 aliphatic rings. The maximum Gasteiger partial charge on any atom is 0.231 e. The number of fused-ring (bicyclic) bond motifs is 1. The van der Waals surface area contributed by atoms with Gasteiger partial charge in [-0.3, -0.25) is 0 Å². The summed E-state index contributed by atoms with van der Waals surface area (Å²) in [5.74, 6) is 3.12. The Hall–Kier alpha value is -3.68. The van der Waals surface area contributed by atoms with Crippen LogP contribution in [0.15, 0.2) is 48.8 Å². The Kier molecular flexibility index (Phi) is 4.06. The Bertz CT molecular complexity index is 948. The summed E-state index contributed by atoms with van der Waals surface area (Å²) in [7, 11) is 1.62. The molecule has 0 atom stereocenters. The van der Waals surface area contributed by atoms with Gasteiger partial charge in [0.1, 0.15) is 17.8 Å². The molecular weight excluding hydrogens is 334 g/mol. The van der Waals surface area contributed by atoms with Gasteiger partial charge in [-0.25, -0.2) is 9.97 Å². The van der Waals surface area contributed by atoms with Gasteiger partial charge in [0.05, 0.1) is 7.11 Å². The summed E-state index contributed by atoms with van der Waals surface area (Å²) in [6, 6.07) is 13.0. The fraction of sp³-hybridized carbons (Fsp3) is 0.111. The lowest BCUT2D eigenvalue weighted by Crippen LogP contribution is -2.05. The first-order valence-electron chi connectivity index (χ1n) is 7.91. The summed E-state index contributed by atoms with van der Waals surface area (Å²) in [4.78, 5) is 8.44. The number of nitrogens with one attached hydrogen (secondary N) is 2. The number of aromatic nitrogens is 2. The minimum atomic E-state index is 0.225. The van der Waals surface area contributed by atoms with E-state index in [1.807, 2.05) is 42.5 Å². The molecule has 0 bridgehead atoms. The maximum absolute atomic E-state index is 6.23. The minimum Gasteiger partial charge on any atom is -0.497 e. The lowest BCUT2D eigenvalue weighted by atomic mass is 10.2. The van der Waals surface area contributed by atoms with Gasteiger partial charge in [0.2, 0.25) is 6.79 Å². The van der Waals surface area contributed by atoms with E-state index >= 15 is 0 Å². The predicted molar refractivity (Wildman–Crippen MR) is 98.6 cm³/mol. The molecule has 8 nitrogen and oxygen atoms in total. The van der Waals surface area contributed by atoms with Crippen LogP contribution in [0.2, 0.25) is 0 Å². The largest absolute Gasteiger partial charge is 0.497 e. The molecule has 8 heteroatoms. The smallest absolute Gasteiger partial charge is 0.231 e. The Morgan fingerprint density at radius 3 is 2.46 bits per heavy atom. The standard InChI is InChI=1S/C18H17N5O3/c1-24-13-4-2-3-11(7-13)22-17-16(19)18(21-9-20-17)23-12-5-6-14-15(8-12)26-10-25-14/h2-9H,10,19H2,1H3,(H2,20,21,22,23). The maximum atomic E-state index is 6.23. The van der Waals surface area contributed by atoms with Crippen LogP contribution in [0.3, 0.4) is 0 Å². The van der Waals surface area contributed by atoms with Gasteiger partial charge in [-0.2, -0.15) is 0 Å². The third kappa shape index (κ3) is 3.12. The third-order valence-corrected chi connectivity index (χ3v) is 3.85. The van der Waals surface area contributed by atoms with E-state index < -0.39 is 0 Å². The highest BCUT2D eigenvalue weighted by molar-refractivity contribution is 5.80. The number of rotatable bonds is 5. The van der Waals surface area contributed by atoms with Crippen molar-refractivity contribution in [3.05, 3.63) is 48.8 Å². The highest BCUT2D eigenvalue weighted by Crippen LogP contribution is 2.36. The van der Waals surface area contributed by atoms with Gasteiger partial charge < -0.3 is 30.6 Å². The number of nitrogens with zero attached hydrogens (tertiary/aromatic N) is 2. The quantitative estimate of drug-likeness (QED) is 0.643. The van der Waals surface area contributed by atoms with Crippen molar-refractivity contribution >= 4 is 28.7 Å². The summed E-state index contributed by atoms with van der Waals surface area (Å²) in [6.45, 7) is 0.225. The molecule has 1 aliphatic heterocycles. The Labute approximate surface area is 149 Å². The van der Waals surface area contributed by atoms with Crippen molar-refractivity contribution in [2.24, 2.45) is 0 Å². The zero-order valence-corrected chi connectivity index (χ0v) is 14.0. The average molecular weight is 351 g/mol. The molecule has 0 saturated heterocycles. The monoisotopic (exact) mass is 351 g/mol. The second-order valence-corrected chi connectivity index (χ2v) is 5.53. The van der Waals surface area contributed by atoms with Crippen molar-refractivity contribution in [2.75, 3.05) is 30.3 Å². The zero-order chi connectivity index (χ0) is 17.9. The van der Waals surface area contributed by atoms with Crippen molar-refractivity contribution in [1.29, 1.82) is 0 Å². The molecule has 0 spiro atoms. The van der Waals surface area contributed by atoms with Gasteiger partial charge in [0, 0.05) is 23.5 Å². The second-order valence-electron chi connectivity index (χ2n) is 5.53. The minimum absolute atomic E-state index is 0.225. The third-order valence-electron chi connectivity index (χ3n) is 3.85. The van der Waals surface area contributed by atoms with Crippen LogP contribution in [-0.4, -0.2) is 23.9 Å². The Balaban J connectivity index is 1.57. The van der Waals surface area contributed by atoms with Gasteiger partial charge in [-0.1, -0.05) is 6.07 Å². The van der Waals surface area contributed by atoms with Crippen molar-refractivity contribution in [3.63, 3.8) is 0 Å². The van der Waals surface area contributed by atoms with Crippen LogP contribution in [0.4, 0.5) is 28.7 Å².